The topological polar surface area (TPSA) is 77.6 Å². The Morgan fingerprint density at radius 2 is 2.12 bits per heavy atom. The van der Waals surface area contributed by atoms with E-state index in [1.165, 1.54) is 0 Å². The van der Waals surface area contributed by atoms with Gasteiger partial charge in [-0.05, 0) is 30.5 Å². The first kappa shape index (κ1) is 19.0. The van der Waals surface area contributed by atoms with Crippen LogP contribution in [-0.4, -0.2) is 35.2 Å². The van der Waals surface area contributed by atoms with Gasteiger partial charge >= 0.3 is 0 Å². The zero-order valence-electron chi connectivity index (χ0n) is 15.1. The minimum atomic E-state index is -0.987. The number of ether oxygens (including phenoxy) is 2. The van der Waals surface area contributed by atoms with E-state index in [0.29, 0.717) is 24.0 Å². The Hall–Kier alpha value is -1.82. The van der Waals surface area contributed by atoms with Gasteiger partial charge in [0.25, 0.3) is 0 Å². The summed E-state index contributed by atoms with van der Waals surface area (Å²) < 4.78 is 12.0. The molecule has 0 bridgehead atoms. The molecule has 0 saturated carbocycles. The molecular weight excluding hydrogens is 352 g/mol. The highest BCUT2D eigenvalue weighted by Crippen LogP contribution is 2.46. The number of nitrogens with zero attached hydrogens (tertiary/aromatic N) is 1. The lowest BCUT2D eigenvalue weighted by Gasteiger charge is -2.37. The summed E-state index contributed by atoms with van der Waals surface area (Å²) in [5, 5.41) is 9.97. The highest BCUT2D eigenvalue weighted by molar-refractivity contribution is 6.18. The first-order chi connectivity index (χ1) is 12.5. The van der Waals surface area contributed by atoms with Crippen LogP contribution in [0.15, 0.2) is 36.7 Å². The van der Waals surface area contributed by atoms with E-state index in [1.54, 1.807) is 12.4 Å². The number of rotatable bonds is 7. The zero-order chi connectivity index (χ0) is 18.7. The van der Waals surface area contributed by atoms with Crippen LogP contribution in [0.3, 0.4) is 0 Å². The first-order valence-corrected chi connectivity index (χ1v) is 9.35. The highest BCUT2D eigenvalue weighted by atomic mass is 35.5. The molecule has 1 aliphatic heterocycles. The molecule has 5 nitrogen and oxygen atoms in total. The highest BCUT2D eigenvalue weighted by Gasteiger charge is 2.40. The van der Waals surface area contributed by atoms with Crippen LogP contribution in [0.25, 0.3) is 11.1 Å². The minimum Gasteiger partial charge on any atom is -0.492 e. The number of benzene rings is 1. The second kappa shape index (κ2) is 7.82. The van der Waals surface area contributed by atoms with E-state index in [4.69, 9.17) is 26.8 Å². The standard InChI is InChI=1S/C20H25ClN2O3/c1-13(2)7-14(22)10-25-15-3-4-16-17-9-23-6-5-18(17)20(11-21,12-24)26-19(16)8-15/h3-6,8-9,13-14,24H,7,10-12,22H2,1-2H3/t14-,20?/m0/s1. The zero-order valence-corrected chi connectivity index (χ0v) is 15.9. The smallest absolute Gasteiger partial charge is 0.171 e. The molecule has 6 heteroatoms. The van der Waals surface area contributed by atoms with Gasteiger partial charge < -0.3 is 20.3 Å². The lowest BCUT2D eigenvalue weighted by molar-refractivity contribution is 0.0224. The van der Waals surface area contributed by atoms with Gasteiger partial charge in [0.15, 0.2) is 5.60 Å². The van der Waals surface area contributed by atoms with Crippen LogP contribution in [0.2, 0.25) is 0 Å². The van der Waals surface area contributed by atoms with Crippen molar-refractivity contribution in [1.29, 1.82) is 0 Å². The van der Waals surface area contributed by atoms with Gasteiger partial charge in [-0.2, -0.15) is 0 Å². The van der Waals surface area contributed by atoms with Crippen molar-refractivity contribution in [1.82, 2.24) is 4.98 Å². The third-order valence-corrected chi connectivity index (χ3v) is 5.00. The van der Waals surface area contributed by atoms with Crippen molar-refractivity contribution >= 4 is 11.6 Å². The van der Waals surface area contributed by atoms with Crippen LogP contribution in [0.5, 0.6) is 11.5 Å². The summed E-state index contributed by atoms with van der Waals surface area (Å²) in [5.41, 5.74) is 7.76. The van der Waals surface area contributed by atoms with Crippen LogP contribution in [0.1, 0.15) is 25.8 Å². The van der Waals surface area contributed by atoms with E-state index in [-0.39, 0.29) is 18.5 Å². The average molecular weight is 377 g/mol. The van der Waals surface area contributed by atoms with Crippen LogP contribution >= 0.6 is 11.6 Å². The molecule has 0 amide bonds. The van der Waals surface area contributed by atoms with Crippen LogP contribution in [0.4, 0.5) is 0 Å². The molecule has 2 atom stereocenters. The maximum Gasteiger partial charge on any atom is 0.171 e. The van der Waals surface area contributed by atoms with Gasteiger partial charge in [0.1, 0.15) is 18.1 Å². The molecule has 0 radical (unpaired) electrons. The number of aromatic nitrogens is 1. The quantitative estimate of drug-likeness (QED) is 0.725. The minimum absolute atomic E-state index is 0.0174. The molecule has 1 aromatic heterocycles. The van der Waals surface area contributed by atoms with Crippen molar-refractivity contribution in [2.24, 2.45) is 11.7 Å². The van der Waals surface area contributed by atoms with Crippen LogP contribution in [0, 0.1) is 5.92 Å². The Morgan fingerprint density at radius 3 is 2.81 bits per heavy atom. The Morgan fingerprint density at radius 1 is 1.31 bits per heavy atom. The van der Waals surface area contributed by atoms with Gasteiger partial charge in [-0.15, -0.1) is 11.6 Å². The summed E-state index contributed by atoms with van der Waals surface area (Å²) in [5.74, 6) is 1.95. The van der Waals surface area contributed by atoms with Gasteiger partial charge in [0.2, 0.25) is 0 Å². The molecule has 26 heavy (non-hydrogen) atoms. The number of hydrogen-bond donors (Lipinski definition) is 2. The van der Waals surface area contributed by atoms with Gasteiger partial charge in [-0.25, -0.2) is 0 Å². The van der Waals surface area contributed by atoms with Gasteiger partial charge in [0.05, 0.1) is 12.5 Å². The first-order valence-electron chi connectivity index (χ1n) is 8.82. The maximum absolute atomic E-state index is 9.97. The van der Waals surface area contributed by atoms with E-state index >= 15 is 0 Å². The Labute approximate surface area is 159 Å². The molecule has 3 N–H and O–H groups in total. The lowest BCUT2D eigenvalue weighted by Crippen LogP contribution is -2.41. The molecule has 3 rings (SSSR count). The van der Waals surface area contributed by atoms with Crippen molar-refractivity contribution < 1.29 is 14.6 Å². The average Bonchev–Trinajstić information content (AvgIpc) is 2.65. The van der Waals surface area contributed by atoms with E-state index in [0.717, 1.165) is 23.1 Å². The summed E-state index contributed by atoms with van der Waals surface area (Å²) in [6, 6.07) is 7.48. The van der Waals surface area contributed by atoms with Crippen molar-refractivity contribution in [3.8, 4) is 22.6 Å². The molecule has 1 aromatic carbocycles. The predicted octanol–water partition coefficient (Wildman–Crippen LogP) is 3.32. The molecule has 0 saturated heterocycles. The van der Waals surface area contributed by atoms with Crippen LogP contribution in [-0.2, 0) is 5.60 Å². The monoisotopic (exact) mass is 376 g/mol. The second-order valence-electron chi connectivity index (χ2n) is 7.17. The van der Waals surface area contributed by atoms with E-state index in [2.05, 4.69) is 18.8 Å². The van der Waals surface area contributed by atoms with Gasteiger partial charge in [0, 0.05) is 41.2 Å². The normalized spacial score (nSPS) is 19.5. The number of alkyl halides is 1. The second-order valence-corrected chi connectivity index (χ2v) is 7.44. The number of pyridine rings is 1. The van der Waals surface area contributed by atoms with Crippen LogP contribution < -0.4 is 15.2 Å². The molecule has 0 fully saturated rings. The van der Waals surface area contributed by atoms with Crippen molar-refractivity contribution in [3.63, 3.8) is 0 Å². The summed E-state index contributed by atoms with van der Waals surface area (Å²) in [7, 11) is 0. The maximum atomic E-state index is 9.97. The number of aliphatic hydroxyl groups is 1. The fraction of sp³-hybridized carbons (Fsp3) is 0.450. The number of halogens is 1. The number of nitrogens with two attached hydrogens (primary N) is 1. The molecule has 0 spiro atoms. The fourth-order valence-electron chi connectivity index (χ4n) is 3.31. The van der Waals surface area contributed by atoms with E-state index in [9.17, 15) is 5.11 Å². The fourth-order valence-corrected chi connectivity index (χ4v) is 3.59. The van der Waals surface area contributed by atoms with E-state index in [1.807, 2.05) is 24.3 Å². The Balaban J connectivity index is 1.88. The third-order valence-electron chi connectivity index (χ3n) is 4.57. The largest absolute Gasteiger partial charge is 0.492 e. The summed E-state index contributed by atoms with van der Waals surface area (Å²) >= 11 is 6.17. The number of hydrogen-bond acceptors (Lipinski definition) is 5. The summed E-state index contributed by atoms with van der Waals surface area (Å²) in [6.45, 7) is 4.49. The lowest BCUT2D eigenvalue weighted by atomic mass is 9.86. The predicted molar refractivity (Wildman–Crippen MR) is 103 cm³/mol. The molecule has 1 unspecified atom stereocenters. The molecule has 0 aliphatic carbocycles. The van der Waals surface area contributed by atoms with Gasteiger partial charge in [-0.1, -0.05) is 13.8 Å². The molecular formula is C20H25ClN2O3. The SMILES string of the molecule is CC(C)C[C@H](N)COc1ccc2c(c1)OC(CO)(CCl)c1ccncc1-2. The van der Waals surface area contributed by atoms with E-state index < -0.39 is 5.60 Å². The summed E-state index contributed by atoms with van der Waals surface area (Å²) in [6.07, 6.45) is 4.35. The Bertz CT molecular complexity index is 762. The number of aliphatic hydroxyl groups excluding tert-OH is 1. The molecule has 1 aliphatic rings. The third kappa shape index (κ3) is 3.65. The number of fused-ring (bicyclic) bond motifs is 3. The molecule has 140 valence electrons. The molecule has 2 heterocycles. The Kier molecular flexibility index (Phi) is 5.70. The van der Waals surface area contributed by atoms with Gasteiger partial charge in [-0.3, -0.25) is 4.98 Å². The summed E-state index contributed by atoms with van der Waals surface area (Å²) in [4.78, 5) is 4.21. The van der Waals surface area contributed by atoms with Crippen molar-refractivity contribution in [2.45, 2.75) is 31.9 Å². The molecule has 2 aromatic rings. The van der Waals surface area contributed by atoms with Crippen molar-refractivity contribution in [2.75, 3.05) is 19.1 Å². The van der Waals surface area contributed by atoms with Crippen molar-refractivity contribution in [3.05, 3.63) is 42.2 Å².